The first-order valence-corrected chi connectivity index (χ1v) is 10.0. The van der Waals surface area contributed by atoms with Crippen molar-refractivity contribution >= 4 is 28.3 Å². The minimum Gasteiger partial charge on any atom is -0.459 e. The average Bonchev–Trinajstić information content (AvgIpc) is 3.18. The predicted octanol–water partition coefficient (Wildman–Crippen LogP) is 3.90. The van der Waals surface area contributed by atoms with Gasteiger partial charge in [-0.15, -0.1) is 0 Å². The van der Waals surface area contributed by atoms with Gasteiger partial charge in [0.25, 0.3) is 0 Å². The van der Waals surface area contributed by atoms with Crippen molar-refractivity contribution in [2.75, 3.05) is 50.1 Å². The third-order valence-electron chi connectivity index (χ3n) is 5.44. The molecule has 1 aromatic heterocycles. The number of hydrogen-bond acceptors (Lipinski definition) is 5. The maximum atomic E-state index is 12.5. The number of benzene rings is 2. The summed E-state index contributed by atoms with van der Waals surface area (Å²) >= 11 is 0. The maximum absolute atomic E-state index is 12.5. The van der Waals surface area contributed by atoms with E-state index in [1.165, 1.54) is 0 Å². The number of amides is 1. The lowest BCUT2D eigenvalue weighted by molar-refractivity contribution is -0.117. The van der Waals surface area contributed by atoms with Crippen LogP contribution in [0.4, 0.5) is 11.4 Å². The van der Waals surface area contributed by atoms with Crippen LogP contribution >= 0.6 is 0 Å². The third kappa shape index (κ3) is 4.60. The van der Waals surface area contributed by atoms with E-state index in [0.717, 1.165) is 54.4 Å². The van der Waals surface area contributed by atoms with Crippen molar-refractivity contribution in [3.8, 4) is 0 Å². The number of fused-ring (bicyclic) bond motifs is 1. The largest absolute Gasteiger partial charge is 0.459 e. The fourth-order valence-corrected chi connectivity index (χ4v) is 3.57. The van der Waals surface area contributed by atoms with Crippen molar-refractivity contribution in [1.82, 2.24) is 4.90 Å². The van der Waals surface area contributed by atoms with Gasteiger partial charge in [-0.1, -0.05) is 18.2 Å². The van der Waals surface area contributed by atoms with E-state index in [9.17, 15) is 4.79 Å². The number of anilines is 2. The van der Waals surface area contributed by atoms with Crippen molar-refractivity contribution in [3.63, 3.8) is 0 Å². The van der Waals surface area contributed by atoms with Crippen molar-refractivity contribution in [2.45, 2.75) is 13.0 Å². The van der Waals surface area contributed by atoms with Gasteiger partial charge in [0.05, 0.1) is 25.8 Å². The van der Waals surface area contributed by atoms with Crippen molar-refractivity contribution in [3.05, 3.63) is 60.4 Å². The predicted molar refractivity (Wildman–Crippen MR) is 115 cm³/mol. The maximum Gasteiger partial charge on any atom is 0.238 e. The molecule has 0 unspecified atom stereocenters. The lowest BCUT2D eigenvalue weighted by Gasteiger charge is -2.29. The molecule has 0 saturated carbocycles. The number of hydrogen-bond donors (Lipinski definition) is 1. The Morgan fingerprint density at radius 3 is 2.59 bits per heavy atom. The van der Waals surface area contributed by atoms with Gasteiger partial charge < -0.3 is 19.4 Å². The van der Waals surface area contributed by atoms with Crippen LogP contribution in [0.15, 0.2) is 59.0 Å². The van der Waals surface area contributed by atoms with E-state index in [4.69, 9.17) is 9.15 Å². The van der Waals surface area contributed by atoms with Gasteiger partial charge in [0.1, 0.15) is 11.3 Å². The minimum atomic E-state index is -0.0467. The van der Waals surface area contributed by atoms with Gasteiger partial charge >= 0.3 is 0 Å². The summed E-state index contributed by atoms with van der Waals surface area (Å²) < 4.78 is 11.3. The smallest absolute Gasteiger partial charge is 0.238 e. The van der Waals surface area contributed by atoms with Gasteiger partial charge in [-0.25, -0.2) is 0 Å². The minimum absolute atomic E-state index is 0.00292. The van der Waals surface area contributed by atoms with Crippen molar-refractivity contribution < 1.29 is 13.9 Å². The van der Waals surface area contributed by atoms with Crippen LogP contribution in [0.3, 0.4) is 0 Å². The molecule has 152 valence electrons. The zero-order valence-corrected chi connectivity index (χ0v) is 16.9. The molecule has 2 heterocycles. The van der Waals surface area contributed by atoms with E-state index in [2.05, 4.69) is 10.2 Å². The number of nitrogens with one attached hydrogen (secondary N) is 1. The number of morpholine rings is 1. The highest BCUT2D eigenvalue weighted by molar-refractivity contribution is 5.92. The number of carbonyl (C=O) groups excluding carboxylic acids is 1. The van der Waals surface area contributed by atoms with Crippen LogP contribution in [0.5, 0.6) is 0 Å². The zero-order valence-electron chi connectivity index (χ0n) is 16.9. The molecule has 0 radical (unpaired) electrons. The first-order chi connectivity index (χ1) is 14.1. The van der Waals surface area contributed by atoms with Crippen LogP contribution < -0.4 is 10.2 Å². The topological polar surface area (TPSA) is 58.0 Å². The van der Waals surface area contributed by atoms with Crippen LogP contribution in [-0.4, -0.2) is 50.7 Å². The van der Waals surface area contributed by atoms with E-state index in [-0.39, 0.29) is 18.5 Å². The summed E-state index contributed by atoms with van der Waals surface area (Å²) in [5.74, 6) is 0.811. The molecule has 0 spiro atoms. The Morgan fingerprint density at radius 2 is 1.86 bits per heavy atom. The molecular formula is C23H27N3O3. The van der Waals surface area contributed by atoms with E-state index in [0.29, 0.717) is 0 Å². The SMILES string of the molecule is C[C@@H](c1cc2ccccc2o1)N(C)CC(=O)Nc1ccc(N2CCOCC2)cc1. The number of nitrogens with zero attached hydrogens (tertiary/aromatic N) is 2. The Bertz CT molecular complexity index is 928. The van der Waals surface area contributed by atoms with E-state index in [1.54, 1.807) is 0 Å². The molecule has 0 aliphatic carbocycles. The van der Waals surface area contributed by atoms with Crippen LogP contribution in [-0.2, 0) is 9.53 Å². The monoisotopic (exact) mass is 393 g/mol. The van der Waals surface area contributed by atoms with Crippen LogP contribution in [0.2, 0.25) is 0 Å². The Balaban J connectivity index is 1.33. The third-order valence-corrected chi connectivity index (χ3v) is 5.44. The molecule has 29 heavy (non-hydrogen) atoms. The highest BCUT2D eigenvalue weighted by atomic mass is 16.5. The second-order valence-corrected chi connectivity index (χ2v) is 7.47. The molecule has 6 heteroatoms. The summed E-state index contributed by atoms with van der Waals surface area (Å²) in [6.45, 7) is 5.64. The standard InChI is InChI=1S/C23H27N3O3/c1-17(22-15-18-5-3-4-6-21(18)29-22)25(2)16-23(27)24-19-7-9-20(10-8-19)26-11-13-28-14-12-26/h3-10,15,17H,11-14,16H2,1-2H3,(H,24,27)/t17-/m0/s1. The van der Waals surface area contributed by atoms with E-state index < -0.39 is 0 Å². The number of para-hydroxylation sites is 1. The molecule has 4 rings (SSSR count). The number of furan rings is 1. The van der Waals surface area contributed by atoms with Gasteiger partial charge in [-0.2, -0.15) is 0 Å². The summed E-state index contributed by atoms with van der Waals surface area (Å²) in [6.07, 6.45) is 0. The fraction of sp³-hybridized carbons (Fsp3) is 0.348. The summed E-state index contributed by atoms with van der Waals surface area (Å²) in [5, 5.41) is 4.06. The van der Waals surface area contributed by atoms with Crippen LogP contribution in [0.25, 0.3) is 11.0 Å². The number of rotatable bonds is 6. The molecule has 1 N–H and O–H groups in total. The number of carbonyl (C=O) groups is 1. The molecule has 1 atom stereocenters. The summed E-state index contributed by atoms with van der Waals surface area (Å²) in [6, 6.07) is 18.0. The first-order valence-electron chi connectivity index (χ1n) is 10.0. The molecule has 2 aromatic carbocycles. The highest BCUT2D eigenvalue weighted by Gasteiger charge is 2.19. The second-order valence-electron chi connectivity index (χ2n) is 7.47. The Morgan fingerprint density at radius 1 is 1.14 bits per heavy atom. The van der Waals surface area contributed by atoms with E-state index in [1.807, 2.05) is 73.5 Å². The van der Waals surface area contributed by atoms with Gasteiger partial charge in [0.15, 0.2) is 0 Å². The lowest BCUT2D eigenvalue weighted by Crippen LogP contribution is -2.36. The quantitative estimate of drug-likeness (QED) is 0.688. The normalized spacial score (nSPS) is 15.6. The molecule has 1 amide bonds. The molecule has 3 aromatic rings. The average molecular weight is 393 g/mol. The molecule has 1 aliphatic rings. The van der Waals surface area contributed by atoms with Crippen LogP contribution in [0.1, 0.15) is 18.7 Å². The van der Waals surface area contributed by atoms with Gasteiger partial charge in [-0.3, -0.25) is 9.69 Å². The van der Waals surface area contributed by atoms with Crippen molar-refractivity contribution in [1.29, 1.82) is 0 Å². The molecule has 1 fully saturated rings. The van der Waals surface area contributed by atoms with Gasteiger partial charge in [0.2, 0.25) is 5.91 Å². The number of ether oxygens (including phenoxy) is 1. The summed E-state index contributed by atoms with van der Waals surface area (Å²) in [5.41, 5.74) is 2.83. The van der Waals surface area contributed by atoms with Crippen molar-refractivity contribution in [2.24, 2.45) is 0 Å². The van der Waals surface area contributed by atoms with Gasteiger partial charge in [-0.05, 0) is 50.4 Å². The number of likely N-dealkylation sites (N-methyl/N-ethyl adjacent to an activating group) is 1. The zero-order chi connectivity index (χ0) is 20.2. The van der Waals surface area contributed by atoms with E-state index >= 15 is 0 Å². The molecule has 0 bridgehead atoms. The second kappa shape index (κ2) is 8.68. The lowest BCUT2D eigenvalue weighted by atomic mass is 10.2. The molecular weight excluding hydrogens is 366 g/mol. The Hall–Kier alpha value is -2.83. The Kier molecular flexibility index (Phi) is 5.83. The molecule has 1 saturated heterocycles. The Labute approximate surface area is 171 Å². The fourth-order valence-electron chi connectivity index (χ4n) is 3.57. The summed E-state index contributed by atoms with van der Waals surface area (Å²) in [4.78, 5) is 16.8. The highest BCUT2D eigenvalue weighted by Crippen LogP contribution is 2.26. The van der Waals surface area contributed by atoms with Crippen LogP contribution in [0, 0.1) is 0 Å². The molecule has 6 nitrogen and oxygen atoms in total. The first kappa shape index (κ1) is 19.5. The summed E-state index contributed by atoms with van der Waals surface area (Å²) in [7, 11) is 1.93. The van der Waals surface area contributed by atoms with Gasteiger partial charge in [0, 0.05) is 29.9 Å². The molecule has 1 aliphatic heterocycles.